The maximum atomic E-state index is 12.8. The van der Waals surface area contributed by atoms with Crippen molar-refractivity contribution >= 4 is 17.9 Å². The molecule has 0 saturated carbocycles. The van der Waals surface area contributed by atoms with E-state index < -0.39 is 6.10 Å². The number of rotatable bonds is 53. The fourth-order valence-electron chi connectivity index (χ4n) is 8.48. The highest BCUT2D eigenvalue weighted by Gasteiger charge is 2.19. The van der Waals surface area contributed by atoms with Crippen LogP contribution in [0.15, 0.2) is 36.5 Å². The normalized spacial score (nSPS) is 12.2. The Labute approximate surface area is 410 Å². The van der Waals surface area contributed by atoms with Crippen LogP contribution >= 0.6 is 0 Å². The zero-order valence-electron chi connectivity index (χ0n) is 44.2. The molecule has 0 spiro atoms. The van der Waals surface area contributed by atoms with Crippen LogP contribution in [-0.2, 0) is 28.6 Å². The third-order valence-electron chi connectivity index (χ3n) is 12.8. The molecule has 0 radical (unpaired) electrons. The minimum absolute atomic E-state index is 0.0772. The van der Waals surface area contributed by atoms with Crippen LogP contribution in [0.4, 0.5) is 0 Å². The van der Waals surface area contributed by atoms with E-state index in [1.54, 1.807) is 0 Å². The highest BCUT2D eigenvalue weighted by Crippen LogP contribution is 2.17. The average molecular weight is 928 g/mol. The smallest absolute Gasteiger partial charge is 0.306 e. The Kier molecular flexibility index (Phi) is 53.2. The molecule has 0 aromatic carbocycles. The zero-order valence-corrected chi connectivity index (χ0v) is 44.2. The van der Waals surface area contributed by atoms with E-state index in [1.165, 1.54) is 173 Å². The topological polar surface area (TPSA) is 78.9 Å². The van der Waals surface area contributed by atoms with Gasteiger partial charge < -0.3 is 14.2 Å². The molecule has 386 valence electrons. The third-order valence-corrected chi connectivity index (χ3v) is 12.8. The molecular weight excluding hydrogens is 817 g/mol. The fraction of sp³-hybridized carbons (Fsp3) is 0.850. The van der Waals surface area contributed by atoms with Crippen LogP contribution in [0.25, 0.3) is 0 Å². The summed E-state index contributed by atoms with van der Waals surface area (Å²) in [6.45, 7) is 6.58. The Morgan fingerprint density at radius 1 is 0.303 bits per heavy atom. The van der Waals surface area contributed by atoms with Crippen molar-refractivity contribution in [1.29, 1.82) is 0 Å². The molecule has 6 heteroatoms. The summed E-state index contributed by atoms with van der Waals surface area (Å²) < 4.78 is 16.8. The lowest BCUT2D eigenvalue weighted by Crippen LogP contribution is -2.30. The van der Waals surface area contributed by atoms with Gasteiger partial charge in [-0.05, 0) is 70.6 Å². The van der Waals surface area contributed by atoms with Gasteiger partial charge in [-0.3, -0.25) is 14.4 Å². The van der Waals surface area contributed by atoms with Crippen molar-refractivity contribution in [3.63, 3.8) is 0 Å². The van der Waals surface area contributed by atoms with Gasteiger partial charge in [-0.15, -0.1) is 0 Å². The molecule has 0 saturated heterocycles. The molecule has 1 unspecified atom stereocenters. The highest BCUT2D eigenvalue weighted by molar-refractivity contribution is 5.71. The van der Waals surface area contributed by atoms with Gasteiger partial charge in [0.1, 0.15) is 13.2 Å². The van der Waals surface area contributed by atoms with Crippen molar-refractivity contribution in [1.82, 2.24) is 0 Å². The van der Waals surface area contributed by atoms with Crippen molar-refractivity contribution in [2.45, 2.75) is 316 Å². The lowest BCUT2D eigenvalue weighted by molar-refractivity contribution is -0.167. The Morgan fingerprint density at radius 3 is 0.924 bits per heavy atom. The van der Waals surface area contributed by atoms with Gasteiger partial charge in [0.25, 0.3) is 0 Å². The summed E-state index contributed by atoms with van der Waals surface area (Å²) in [6, 6.07) is 0. The first kappa shape index (κ1) is 63.6. The molecule has 0 fully saturated rings. The summed E-state index contributed by atoms with van der Waals surface area (Å²) in [7, 11) is 0. The standard InChI is InChI=1S/C60H110O6/c1-4-7-10-13-16-19-22-24-26-28-29-30-31-32-33-35-36-38-41-44-47-50-53-59(62)65-56-57(55-64-58(61)52-49-46-43-40-21-18-15-12-9-6-3)66-60(63)54-51-48-45-42-39-37-34-27-25-23-20-17-14-11-8-5-2/h12,15,20,23,27,34,57H,4-11,13-14,16-19,21-22,24-26,28-33,35-56H2,1-3H3/b15-12-,23-20-,34-27-. The van der Waals surface area contributed by atoms with E-state index in [-0.39, 0.29) is 31.1 Å². The lowest BCUT2D eigenvalue weighted by atomic mass is 10.0. The van der Waals surface area contributed by atoms with Crippen molar-refractivity contribution in [2.24, 2.45) is 0 Å². The van der Waals surface area contributed by atoms with Crippen molar-refractivity contribution in [3.8, 4) is 0 Å². The molecule has 0 aliphatic heterocycles. The monoisotopic (exact) mass is 927 g/mol. The molecule has 1 atom stereocenters. The van der Waals surface area contributed by atoms with Crippen LogP contribution in [0, 0.1) is 0 Å². The first-order valence-corrected chi connectivity index (χ1v) is 29.0. The molecule has 0 aliphatic rings. The number of ether oxygens (including phenoxy) is 3. The summed E-state index contributed by atoms with van der Waals surface area (Å²) in [5.74, 6) is -0.887. The second-order valence-electron chi connectivity index (χ2n) is 19.6. The van der Waals surface area contributed by atoms with E-state index in [4.69, 9.17) is 14.2 Å². The Balaban J connectivity index is 4.24. The Morgan fingerprint density at radius 2 is 0.576 bits per heavy atom. The second-order valence-corrected chi connectivity index (χ2v) is 19.6. The third kappa shape index (κ3) is 52.6. The minimum Gasteiger partial charge on any atom is -0.462 e. The highest BCUT2D eigenvalue weighted by atomic mass is 16.6. The van der Waals surface area contributed by atoms with E-state index in [1.807, 2.05) is 0 Å². The Bertz CT molecular complexity index is 1110. The summed E-state index contributed by atoms with van der Waals surface area (Å²) in [5.41, 5.74) is 0. The zero-order chi connectivity index (χ0) is 47.9. The summed E-state index contributed by atoms with van der Waals surface area (Å²) in [5, 5.41) is 0. The lowest BCUT2D eigenvalue weighted by Gasteiger charge is -2.18. The first-order valence-electron chi connectivity index (χ1n) is 29.0. The molecule has 6 nitrogen and oxygen atoms in total. The van der Waals surface area contributed by atoms with Crippen LogP contribution in [0.1, 0.15) is 310 Å². The van der Waals surface area contributed by atoms with Crippen LogP contribution in [0.2, 0.25) is 0 Å². The van der Waals surface area contributed by atoms with Crippen LogP contribution in [-0.4, -0.2) is 37.2 Å². The van der Waals surface area contributed by atoms with Gasteiger partial charge in [0, 0.05) is 19.3 Å². The number of hydrogen-bond acceptors (Lipinski definition) is 6. The van der Waals surface area contributed by atoms with Gasteiger partial charge in [-0.2, -0.15) is 0 Å². The summed E-state index contributed by atoms with van der Waals surface area (Å²) in [4.78, 5) is 38.0. The van der Waals surface area contributed by atoms with Gasteiger partial charge in [0.15, 0.2) is 6.10 Å². The first-order chi connectivity index (χ1) is 32.5. The van der Waals surface area contributed by atoms with Gasteiger partial charge in [0.05, 0.1) is 0 Å². The number of hydrogen-bond donors (Lipinski definition) is 0. The summed E-state index contributed by atoms with van der Waals surface area (Å²) in [6.07, 6.45) is 65.8. The number of carbonyl (C=O) groups is 3. The molecule has 0 N–H and O–H groups in total. The Hall–Kier alpha value is -2.37. The SMILES string of the molecule is CCC/C=C\CCCCCCCC(=O)OCC(COC(=O)CCCCCCCCCCCCCCCCCCCCCCCC)OC(=O)CCCCCCC/C=C\C/C=C\CCCCCC. The molecule has 66 heavy (non-hydrogen) atoms. The second kappa shape index (κ2) is 55.2. The fourth-order valence-corrected chi connectivity index (χ4v) is 8.48. The van der Waals surface area contributed by atoms with Crippen molar-refractivity contribution in [2.75, 3.05) is 13.2 Å². The van der Waals surface area contributed by atoms with Gasteiger partial charge >= 0.3 is 17.9 Å². The van der Waals surface area contributed by atoms with Crippen molar-refractivity contribution < 1.29 is 28.6 Å². The van der Waals surface area contributed by atoms with Crippen molar-refractivity contribution in [3.05, 3.63) is 36.5 Å². The molecule has 0 heterocycles. The van der Waals surface area contributed by atoms with Crippen LogP contribution in [0.3, 0.4) is 0 Å². The van der Waals surface area contributed by atoms with Crippen LogP contribution in [0.5, 0.6) is 0 Å². The molecule has 0 aliphatic carbocycles. The van der Waals surface area contributed by atoms with E-state index in [9.17, 15) is 14.4 Å². The number of allylic oxidation sites excluding steroid dienone is 6. The quantitative estimate of drug-likeness (QED) is 0.0262. The average Bonchev–Trinajstić information content (AvgIpc) is 3.31. The molecule has 0 aromatic rings. The van der Waals surface area contributed by atoms with E-state index in [0.717, 1.165) is 96.3 Å². The molecule has 0 aromatic heterocycles. The number of esters is 3. The van der Waals surface area contributed by atoms with Gasteiger partial charge in [-0.25, -0.2) is 0 Å². The maximum Gasteiger partial charge on any atom is 0.306 e. The largest absolute Gasteiger partial charge is 0.462 e. The van der Waals surface area contributed by atoms with E-state index in [0.29, 0.717) is 19.3 Å². The minimum atomic E-state index is -0.779. The maximum absolute atomic E-state index is 12.8. The molecule has 0 amide bonds. The molecule has 0 rings (SSSR count). The van der Waals surface area contributed by atoms with Crippen LogP contribution < -0.4 is 0 Å². The predicted octanol–water partition coefficient (Wildman–Crippen LogP) is 19.3. The predicted molar refractivity (Wildman–Crippen MR) is 284 cm³/mol. The van der Waals surface area contributed by atoms with Gasteiger partial charge in [-0.1, -0.05) is 256 Å². The van der Waals surface area contributed by atoms with Gasteiger partial charge in [0.2, 0.25) is 0 Å². The molecule has 0 bridgehead atoms. The number of unbranched alkanes of at least 4 members (excludes halogenated alkanes) is 36. The number of carbonyl (C=O) groups excluding carboxylic acids is 3. The van der Waals surface area contributed by atoms with E-state index >= 15 is 0 Å². The molecular formula is C60H110O6. The summed E-state index contributed by atoms with van der Waals surface area (Å²) >= 11 is 0. The van der Waals surface area contributed by atoms with E-state index in [2.05, 4.69) is 57.2 Å².